The molecule has 174 valence electrons. The fourth-order valence-corrected chi connectivity index (χ4v) is 8.45. The zero-order valence-corrected chi connectivity index (χ0v) is 20.2. The van der Waals surface area contributed by atoms with Crippen LogP contribution in [0.2, 0.25) is 0 Å². The molecule has 3 fully saturated rings. The molecule has 0 spiro atoms. The molecule has 0 heterocycles. The molecule has 0 amide bonds. The number of rotatable bonds is 5. The zero-order valence-electron chi connectivity index (χ0n) is 20.2. The molecule has 0 N–H and O–H groups in total. The van der Waals surface area contributed by atoms with Crippen LogP contribution in [-0.4, -0.2) is 25.2 Å². The third-order valence-corrected chi connectivity index (χ3v) is 10.1. The first kappa shape index (κ1) is 22.9. The van der Waals surface area contributed by atoms with Crippen molar-refractivity contribution in [2.45, 2.75) is 98.0 Å². The first-order chi connectivity index (χ1) is 14.7. The Kier molecular flexibility index (Phi) is 6.31. The fourth-order valence-electron chi connectivity index (χ4n) is 8.45. The molecule has 8 atom stereocenters. The molecular weight excluding hydrogens is 388 g/mol. The predicted octanol–water partition coefficient (Wildman–Crippen LogP) is 6.09. The average Bonchev–Trinajstić information content (AvgIpc) is 3.09. The highest BCUT2D eigenvalue weighted by Gasteiger charge is 2.57. The standard InChI is InChI=1S/C27H42O4/c1-17(6-11-25(29)30-5)22-9-10-23-21-8-7-19-16-20(31-18(2)28)12-14-26(19,3)24(21)13-15-27(22,23)4/h13,17,19-23H,6-12,14-16H2,1-5H3/t17?,19?,20?,21?,22?,23?,26-,27+/m0/s1. The Labute approximate surface area is 188 Å². The van der Waals surface area contributed by atoms with Crippen LogP contribution >= 0.6 is 0 Å². The topological polar surface area (TPSA) is 52.6 Å². The van der Waals surface area contributed by atoms with Gasteiger partial charge in [-0.15, -0.1) is 0 Å². The van der Waals surface area contributed by atoms with E-state index in [1.807, 2.05) is 0 Å². The van der Waals surface area contributed by atoms with E-state index in [0.29, 0.717) is 29.6 Å². The van der Waals surface area contributed by atoms with Crippen LogP contribution in [0, 0.1) is 40.4 Å². The lowest BCUT2D eigenvalue weighted by atomic mass is 9.48. The lowest BCUT2D eigenvalue weighted by Crippen LogP contribution is -2.49. The Morgan fingerprint density at radius 3 is 2.65 bits per heavy atom. The zero-order chi connectivity index (χ0) is 22.4. The second-order valence-corrected chi connectivity index (χ2v) is 11.6. The highest BCUT2D eigenvalue weighted by Crippen LogP contribution is 2.66. The van der Waals surface area contributed by atoms with Crippen molar-refractivity contribution in [2.75, 3.05) is 7.11 Å². The van der Waals surface area contributed by atoms with E-state index in [-0.39, 0.29) is 23.5 Å². The van der Waals surface area contributed by atoms with Crippen molar-refractivity contribution < 1.29 is 19.1 Å². The summed E-state index contributed by atoms with van der Waals surface area (Å²) in [4.78, 5) is 23.1. The van der Waals surface area contributed by atoms with Crippen molar-refractivity contribution in [1.29, 1.82) is 0 Å². The van der Waals surface area contributed by atoms with Crippen LogP contribution in [0.4, 0.5) is 0 Å². The van der Waals surface area contributed by atoms with E-state index in [9.17, 15) is 9.59 Å². The van der Waals surface area contributed by atoms with Crippen molar-refractivity contribution >= 4 is 11.9 Å². The van der Waals surface area contributed by atoms with Gasteiger partial charge < -0.3 is 9.47 Å². The molecular formula is C27H42O4. The van der Waals surface area contributed by atoms with Crippen molar-refractivity contribution in [3.8, 4) is 0 Å². The molecule has 6 unspecified atom stereocenters. The molecule has 4 aliphatic rings. The molecule has 0 aromatic heterocycles. The molecule has 0 radical (unpaired) electrons. The summed E-state index contributed by atoms with van der Waals surface area (Å²) in [6, 6.07) is 0. The number of methoxy groups -OCH3 is 1. The Morgan fingerprint density at radius 1 is 1.16 bits per heavy atom. The Hall–Kier alpha value is -1.32. The quantitative estimate of drug-likeness (QED) is 0.391. The van der Waals surface area contributed by atoms with E-state index < -0.39 is 0 Å². The Morgan fingerprint density at radius 2 is 1.94 bits per heavy atom. The molecule has 4 aliphatic carbocycles. The summed E-state index contributed by atoms with van der Waals surface area (Å²) in [6.07, 6.45) is 13.8. The molecule has 0 aliphatic heterocycles. The lowest BCUT2D eigenvalue weighted by Gasteiger charge is -2.57. The molecule has 31 heavy (non-hydrogen) atoms. The minimum atomic E-state index is -0.131. The minimum Gasteiger partial charge on any atom is -0.469 e. The summed E-state index contributed by atoms with van der Waals surface area (Å²) in [5, 5.41) is 0. The Balaban J connectivity index is 1.50. The van der Waals surface area contributed by atoms with Gasteiger partial charge in [-0.1, -0.05) is 32.4 Å². The second kappa shape index (κ2) is 8.56. The van der Waals surface area contributed by atoms with Crippen LogP contribution in [0.25, 0.3) is 0 Å². The molecule has 0 bridgehead atoms. The van der Waals surface area contributed by atoms with Crippen LogP contribution < -0.4 is 0 Å². The number of hydrogen-bond donors (Lipinski definition) is 0. The van der Waals surface area contributed by atoms with Crippen LogP contribution in [0.15, 0.2) is 11.6 Å². The van der Waals surface area contributed by atoms with Crippen molar-refractivity contribution in [3.63, 3.8) is 0 Å². The monoisotopic (exact) mass is 430 g/mol. The number of allylic oxidation sites excluding steroid dienone is 2. The number of hydrogen-bond acceptors (Lipinski definition) is 4. The van der Waals surface area contributed by atoms with Crippen LogP contribution in [0.5, 0.6) is 0 Å². The van der Waals surface area contributed by atoms with Crippen LogP contribution in [0.3, 0.4) is 0 Å². The van der Waals surface area contributed by atoms with Crippen molar-refractivity contribution in [1.82, 2.24) is 0 Å². The third kappa shape index (κ3) is 3.97. The van der Waals surface area contributed by atoms with E-state index in [0.717, 1.165) is 37.5 Å². The minimum absolute atomic E-state index is 0.0759. The van der Waals surface area contributed by atoms with Gasteiger partial charge in [0.1, 0.15) is 6.10 Å². The fraction of sp³-hybridized carbons (Fsp3) is 0.852. The number of carbonyl (C=O) groups excluding carboxylic acids is 2. The van der Waals surface area contributed by atoms with Crippen LogP contribution in [0.1, 0.15) is 91.9 Å². The highest BCUT2D eigenvalue weighted by atomic mass is 16.5. The van der Waals surface area contributed by atoms with E-state index in [2.05, 4.69) is 26.8 Å². The van der Waals surface area contributed by atoms with Crippen LogP contribution in [-0.2, 0) is 19.1 Å². The predicted molar refractivity (Wildman–Crippen MR) is 121 cm³/mol. The van der Waals surface area contributed by atoms with E-state index >= 15 is 0 Å². The molecule has 0 aromatic carbocycles. The molecule has 4 heteroatoms. The largest absolute Gasteiger partial charge is 0.469 e. The number of carbonyl (C=O) groups is 2. The average molecular weight is 431 g/mol. The number of esters is 2. The highest BCUT2D eigenvalue weighted by molar-refractivity contribution is 5.69. The smallest absolute Gasteiger partial charge is 0.305 e. The van der Waals surface area contributed by atoms with Gasteiger partial charge in [0, 0.05) is 13.3 Å². The van der Waals surface area contributed by atoms with Gasteiger partial charge in [-0.25, -0.2) is 0 Å². The van der Waals surface area contributed by atoms with Gasteiger partial charge in [0.15, 0.2) is 0 Å². The number of fused-ring (bicyclic) bond motifs is 5. The first-order valence-corrected chi connectivity index (χ1v) is 12.6. The maximum Gasteiger partial charge on any atom is 0.305 e. The summed E-state index contributed by atoms with van der Waals surface area (Å²) < 4.78 is 10.5. The van der Waals surface area contributed by atoms with Crippen molar-refractivity contribution in [2.24, 2.45) is 40.4 Å². The van der Waals surface area contributed by atoms with E-state index in [4.69, 9.17) is 9.47 Å². The molecule has 0 aromatic rings. The summed E-state index contributed by atoms with van der Waals surface area (Å²) in [5.74, 6) is 3.21. The van der Waals surface area contributed by atoms with Gasteiger partial charge in [-0.05, 0) is 98.2 Å². The molecule has 0 saturated heterocycles. The summed E-state index contributed by atoms with van der Waals surface area (Å²) in [6.45, 7) is 8.95. The summed E-state index contributed by atoms with van der Waals surface area (Å²) in [7, 11) is 1.49. The van der Waals surface area contributed by atoms with E-state index in [1.165, 1.54) is 46.1 Å². The number of ether oxygens (including phenoxy) is 2. The maximum absolute atomic E-state index is 11.7. The summed E-state index contributed by atoms with van der Waals surface area (Å²) in [5.41, 5.74) is 2.40. The molecule has 4 rings (SSSR count). The van der Waals surface area contributed by atoms with Gasteiger partial charge in [-0.3, -0.25) is 9.59 Å². The third-order valence-electron chi connectivity index (χ3n) is 10.1. The van der Waals surface area contributed by atoms with Gasteiger partial charge in [0.25, 0.3) is 0 Å². The van der Waals surface area contributed by atoms with Gasteiger partial charge in [0.2, 0.25) is 0 Å². The van der Waals surface area contributed by atoms with Gasteiger partial charge in [-0.2, -0.15) is 0 Å². The Bertz CT molecular complexity index is 742. The van der Waals surface area contributed by atoms with Gasteiger partial charge in [0.05, 0.1) is 7.11 Å². The normalized spacial score (nSPS) is 42.5. The SMILES string of the molecule is COC(=O)CCC(C)C1CCC2C3CCC4CC(OC(C)=O)CC[C@]4(C)C3=CC[C@]12C. The molecule has 4 nitrogen and oxygen atoms in total. The lowest BCUT2D eigenvalue weighted by molar-refractivity contribution is -0.151. The first-order valence-electron chi connectivity index (χ1n) is 12.6. The summed E-state index contributed by atoms with van der Waals surface area (Å²) >= 11 is 0. The second-order valence-electron chi connectivity index (χ2n) is 11.6. The van der Waals surface area contributed by atoms with Crippen molar-refractivity contribution in [3.05, 3.63) is 11.6 Å². The maximum atomic E-state index is 11.7. The van der Waals surface area contributed by atoms with Gasteiger partial charge >= 0.3 is 11.9 Å². The molecule has 3 saturated carbocycles. The van der Waals surface area contributed by atoms with E-state index in [1.54, 1.807) is 5.57 Å².